The second-order valence-electron chi connectivity index (χ2n) is 11.7. The van der Waals surface area contributed by atoms with Crippen LogP contribution in [0.4, 0.5) is 0 Å². The molecule has 9 aromatic rings. The van der Waals surface area contributed by atoms with Gasteiger partial charge in [0.05, 0.1) is 5.52 Å². The van der Waals surface area contributed by atoms with Crippen molar-refractivity contribution in [2.45, 2.75) is 0 Å². The number of aromatic nitrogens is 7. The molecule has 3 heterocycles. The summed E-state index contributed by atoms with van der Waals surface area (Å²) in [4.78, 5) is 19.6. The van der Waals surface area contributed by atoms with E-state index in [9.17, 15) is 0 Å². The Hall–Kier alpha value is -6.86. The molecule has 0 aliphatic rings. The van der Waals surface area contributed by atoms with Crippen LogP contribution < -0.4 is 0 Å². The number of nitrogens with zero attached hydrogens (tertiary/aromatic N) is 7. The summed E-state index contributed by atoms with van der Waals surface area (Å²) in [6.07, 6.45) is 0. The smallest absolute Gasteiger partial charge is 0.172 e. The van der Waals surface area contributed by atoms with E-state index in [0.29, 0.717) is 17.5 Å². The van der Waals surface area contributed by atoms with Crippen LogP contribution in [0.1, 0.15) is 0 Å². The lowest BCUT2D eigenvalue weighted by molar-refractivity contribution is 1.07. The number of hydrogen-bond acceptors (Lipinski definition) is 6. The Morgan fingerprint density at radius 3 is 1.27 bits per heavy atom. The predicted molar refractivity (Wildman–Crippen MR) is 194 cm³/mol. The van der Waals surface area contributed by atoms with Gasteiger partial charge in [-0.1, -0.05) is 152 Å². The highest BCUT2D eigenvalue weighted by molar-refractivity contribution is 5.94. The van der Waals surface area contributed by atoms with Crippen LogP contribution in [-0.4, -0.2) is 34.5 Å². The van der Waals surface area contributed by atoms with Gasteiger partial charge in [-0.2, -0.15) is 0 Å². The molecule has 0 amide bonds. The Balaban J connectivity index is 1.07. The van der Waals surface area contributed by atoms with E-state index in [4.69, 9.17) is 19.9 Å². The summed E-state index contributed by atoms with van der Waals surface area (Å²) in [5, 5.41) is 10.3. The molecule has 0 unspecified atom stereocenters. The highest BCUT2D eigenvalue weighted by Crippen LogP contribution is 2.32. The van der Waals surface area contributed by atoms with Crippen molar-refractivity contribution in [3.8, 4) is 68.1 Å². The van der Waals surface area contributed by atoms with Crippen molar-refractivity contribution in [3.05, 3.63) is 164 Å². The highest BCUT2D eigenvalue weighted by atomic mass is 15.3. The monoisotopic (exact) mass is 629 g/mol. The molecule has 0 radical (unpaired) electrons. The standard InChI is InChI=1S/C42H27N7/c1-4-12-30(13-5-1)37-44-38(31-14-6-2-7-15-31)46-39(45-37)32-24-20-28(21-25-32)29-22-26-34(27-23-29)41-47-48-42-35-18-10-11-19-36(35)43-40(49(41)42)33-16-8-3-9-17-33/h1-27H. The second-order valence-corrected chi connectivity index (χ2v) is 11.7. The molecule has 7 heteroatoms. The largest absolute Gasteiger partial charge is 0.258 e. The normalized spacial score (nSPS) is 11.3. The van der Waals surface area contributed by atoms with Gasteiger partial charge in [-0.15, -0.1) is 10.2 Å². The number of fused-ring (bicyclic) bond motifs is 3. The first kappa shape index (κ1) is 28.4. The van der Waals surface area contributed by atoms with Gasteiger partial charge >= 0.3 is 0 Å². The summed E-state index contributed by atoms with van der Waals surface area (Å²) in [7, 11) is 0. The molecule has 6 aromatic carbocycles. The third-order valence-electron chi connectivity index (χ3n) is 8.60. The molecule has 0 N–H and O–H groups in total. The van der Waals surface area contributed by atoms with Crippen molar-refractivity contribution in [1.82, 2.24) is 34.5 Å². The van der Waals surface area contributed by atoms with Crippen molar-refractivity contribution in [1.29, 1.82) is 0 Å². The van der Waals surface area contributed by atoms with E-state index in [0.717, 1.165) is 67.1 Å². The molecule has 0 atom stereocenters. The summed E-state index contributed by atoms with van der Waals surface area (Å²) >= 11 is 0. The molecule has 3 aromatic heterocycles. The van der Waals surface area contributed by atoms with Gasteiger partial charge in [0.15, 0.2) is 28.9 Å². The topological polar surface area (TPSA) is 81.8 Å². The average Bonchev–Trinajstić information content (AvgIpc) is 3.64. The van der Waals surface area contributed by atoms with Crippen LogP contribution >= 0.6 is 0 Å². The molecular weight excluding hydrogens is 603 g/mol. The van der Waals surface area contributed by atoms with E-state index >= 15 is 0 Å². The number of benzene rings is 6. The first-order valence-corrected chi connectivity index (χ1v) is 16.1. The van der Waals surface area contributed by atoms with Crippen LogP contribution in [0.25, 0.3) is 84.6 Å². The molecule has 49 heavy (non-hydrogen) atoms. The number of para-hydroxylation sites is 1. The molecule has 7 nitrogen and oxygen atoms in total. The molecule has 0 aliphatic heterocycles. The van der Waals surface area contributed by atoms with Crippen LogP contribution in [0, 0.1) is 0 Å². The lowest BCUT2D eigenvalue weighted by Gasteiger charge is -2.11. The Kier molecular flexibility index (Phi) is 6.98. The molecule has 0 saturated carbocycles. The average molecular weight is 630 g/mol. The minimum atomic E-state index is 0.628. The van der Waals surface area contributed by atoms with Crippen LogP contribution in [-0.2, 0) is 0 Å². The Morgan fingerprint density at radius 2 is 0.714 bits per heavy atom. The molecule has 9 rings (SSSR count). The zero-order valence-corrected chi connectivity index (χ0v) is 26.2. The SMILES string of the molecule is c1ccc(-c2nc(-c3ccccc3)nc(-c3ccc(-c4ccc(-c5nnc6c7ccccc7nc(-c7ccccc7)n56)cc4)cc3)n2)cc1. The van der Waals surface area contributed by atoms with E-state index < -0.39 is 0 Å². The molecule has 0 spiro atoms. The lowest BCUT2D eigenvalue weighted by atomic mass is 10.0. The second kappa shape index (κ2) is 12.1. The fourth-order valence-corrected chi connectivity index (χ4v) is 6.11. The number of rotatable bonds is 6. The summed E-state index contributed by atoms with van der Waals surface area (Å²) in [5.74, 6) is 3.46. The van der Waals surface area contributed by atoms with Crippen molar-refractivity contribution < 1.29 is 0 Å². The van der Waals surface area contributed by atoms with E-state index in [1.54, 1.807) is 0 Å². The van der Waals surface area contributed by atoms with Crippen molar-refractivity contribution in [2.75, 3.05) is 0 Å². The molecule has 0 saturated heterocycles. The zero-order chi connectivity index (χ0) is 32.6. The quantitative estimate of drug-likeness (QED) is 0.182. The van der Waals surface area contributed by atoms with E-state index in [1.165, 1.54) is 0 Å². The van der Waals surface area contributed by atoms with Gasteiger partial charge in [0.2, 0.25) is 0 Å². The van der Waals surface area contributed by atoms with E-state index in [-0.39, 0.29) is 0 Å². The van der Waals surface area contributed by atoms with Crippen LogP contribution in [0.3, 0.4) is 0 Å². The lowest BCUT2D eigenvalue weighted by Crippen LogP contribution is -2.00. The van der Waals surface area contributed by atoms with Crippen LogP contribution in [0.15, 0.2) is 164 Å². The van der Waals surface area contributed by atoms with Gasteiger partial charge in [-0.3, -0.25) is 4.40 Å². The molecule has 0 aliphatic carbocycles. The van der Waals surface area contributed by atoms with Gasteiger partial charge in [0, 0.05) is 33.2 Å². The minimum absolute atomic E-state index is 0.628. The summed E-state index contributed by atoms with van der Waals surface area (Å²) in [6.45, 7) is 0. The maximum Gasteiger partial charge on any atom is 0.172 e. The fourth-order valence-electron chi connectivity index (χ4n) is 6.11. The van der Waals surface area contributed by atoms with Crippen molar-refractivity contribution in [2.24, 2.45) is 0 Å². The van der Waals surface area contributed by atoms with Crippen molar-refractivity contribution >= 4 is 16.6 Å². The van der Waals surface area contributed by atoms with Gasteiger partial charge in [0.25, 0.3) is 0 Å². The predicted octanol–water partition coefficient (Wildman–Crippen LogP) is 9.46. The first-order valence-electron chi connectivity index (χ1n) is 16.1. The molecule has 0 bridgehead atoms. The van der Waals surface area contributed by atoms with Gasteiger partial charge in [-0.25, -0.2) is 19.9 Å². The highest BCUT2D eigenvalue weighted by Gasteiger charge is 2.18. The van der Waals surface area contributed by atoms with E-state index in [1.807, 2.05) is 103 Å². The van der Waals surface area contributed by atoms with Crippen molar-refractivity contribution in [3.63, 3.8) is 0 Å². The van der Waals surface area contributed by atoms with Crippen LogP contribution in [0.2, 0.25) is 0 Å². The fraction of sp³-hybridized carbons (Fsp3) is 0. The summed E-state index contributed by atoms with van der Waals surface area (Å²) in [5.41, 5.74) is 8.59. The molecular formula is C42H27N7. The number of hydrogen-bond donors (Lipinski definition) is 0. The first-order chi connectivity index (χ1) is 24.3. The molecule has 230 valence electrons. The Labute approximate surface area is 282 Å². The Bertz CT molecular complexity index is 2510. The molecule has 0 fully saturated rings. The van der Waals surface area contributed by atoms with E-state index in [2.05, 4.69) is 75.3 Å². The van der Waals surface area contributed by atoms with Gasteiger partial charge in [0.1, 0.15) is 5.82 Å². The summed E-state index contributed by atoms with van der Waals surface area (Å²) < 4.78 is 2.06. The van der Waals surface area contributed by atoms with Gasteiger partial charge in [-0.05, 0) is 23.3 Å². The van der Waals surface area contributed by atoms with Crippen LogP contribution in [0.5, 0.6) is 0 Å². The maximum atomic E-state index is 5.04. The zero-order valence-electron chi connectivity index (χ0n) is 26.2. The minimum Gasteiger partial charge on any atom is -0.258 e. The summed E-state index contributed by atoms with van der Waals surface area (Å²) in [6, 6.07) is 55.0. The third-order valence-corrected chi connectivity index (χ3v) is 8.60. The maximum absolute atomic E-state index is 5.04. The Morgan fingerprint density at radius 1 is 0.306 bits per heavy atom. The third kappa shape index (κ3) is 5.29. The van der Waals surface area contributed by atoms with Gasteiger partial charge < -0.3 is 0 Å².